The molecule has 2 N–H and O–H groups in total. The smallest absolute Gasteiger partial charge is 0.272 e. The van der Waals surface area contributed by atoms with Gasteiger partial charge in [0.15, 0.2) is 0 Å². The van der Waals surface area contributed by atoms with Crippen LogP contribution in [-0.2, 0) is 4.79 Å². The van der Waals surface area contributed by atoms with Crippen LogP contribution in [0.25, 0.3) is 0 Å². The molecule has 7 heteroatoms. The van der Waals surface area contributed by atoms with Crippen molar-refractivity contribution in [2.24, 2.45) is 0 Å². The molecule has 2 unspecified atom stereocenters. The quantitative estimate of drug-likeness (QED) is 0.860. The molecule has 2 aromatic rings. The van der Waals surface area contributed by atoms with Crippen molar-refractivity contribution in [3.05, 3.63) is 39.8 Å². The molecule has 1 fully saturated rings. The van der Waals surface area contributed by atoms with Crippen LogP contribution in [0.15, 0.2) is 23.6 Å². The van der Waals surface area contributed by atoms with Crippen LogP contribution in [0.5, 0.6) is 0 Å². The molecular formula is C18H24N4O2S. The molecule has 0 bridgehead atoms. The summed E-state index contributed by atoms with van der Waals surface area (Å²) >= 11 is 1.60. The molecule has 0 radical (unpaired) electrons. The van der Waals surface area contributed by atoms with Crippen molar-refractivity contribution in [1.29, 1.82) is 0 Å². The summed E-state index contributed by atoms with van der Waals surface area (Å²) in [5.41, 5.74) is 1.35. The summed E-state index contributed by atoms with van der Waals surface area (Å²) in [6.07, 6.45) is 0.774. The van der Waals surface area contributed by atoms with Crippen LogP contribution >= 0.6 is 11.3 Å². The molecule has 6 nitrogen and oxygen atoms in total. The molecule has 0 aromatic carbocycles. The number of amides is 2. The minimum absolute atomic E-state index is 0.0221. The minimum atomic E-state index is -0.186. The molecule has 3 rings (SSSR count). The Bertz CT molecular complexity index is 738. The maximum atomic E-state index is 12.6. The third kappa shape index (κ3) is 3.92. The summed E-state index contributed by atoms with van der Waals surface area (Å²) in [5.74, 6) is 0.108. The van der Waals surface area contributed by atoms with Gasteiger partial charge in [0.1, 0.15) is 5.69 Å². The number of aromatic nitrogens is 2. The number of aromatic amines is 1. The molecule has 0 aliphatic carbocycles. The average Bonchev–Trinajstić information content (AvgIpc) is 3.32. The van der Waals surface area contributed by atoms with Crippen LogP contribution in [-0.4, -0.2) is 46.0 Å². The van der Waals surface area contributed by atoms with E-state index in [-0.39, 0.29) is 23.8 Å². The highest BCUT2D eigenvalue weighted by Gasteiger charge is 2.31. The Labute approximate surface area is 151 Å². The van der Waals surface area contributed by atoms with Gasteiger partial charge < -0.3 is 10.2 Å². The number of H-pyrrole nitrogens is 1. The van der Waals surface area contributed by atoms with E-state index < -0.39 is 0 Å². The van der Waals surface area contributed by atoms with Crippen molar-refractivity contribution in [3.8, 4) is 0 Å². The van der Waals surface area contributed by atoms with Crippen LogP contribution in [0.3, 0.4) is 0 Å². The van der Waals surface area contributed by atoms with Gasteiger partial charge >= 0.3 is 0 Å². The van der Waals surface area contributed by atoms with Crippen LogP contribution in [0, 0.1) is 0 Å². The van der Waals surface area contributed by atoms with Crippen molar-refractivity contribution >= 4 is 23.2 Å². The third-order valence-electron chi connectivity index (χ3n) is 4.63. The highest BCUT2D eigenvalue weighted by atomic mass is 32.1. The van der Waals surface area contributed by atoms with Crippen molar-refractivity contribution in [3.63, 3.8) is 0 Å². The van der Waals surface area contributed by atoms with E-state index in [0.717, 1.165) is 17.0 Å². The summed E-state index contributed by atoms with van der Waals surface area (Å²) < 4.78 is 0. The second kappa shape index (κ2) is 7.39. The largest absolute Gasteiger partial charge is 0.346 e. The molecule has 134 valence electrons. The normalized spacial score (nSPS) is 18.6. The van der Waals surface area contributed by atoms with Gasteiger partial charge in [-0.25, -0.2) is 0 Å². The lowest BCUT2D eigenvalue weighted by atomic mass is 10.1. The van der Waals surface area contributed by atoms with Gasteiger partial charge in [-0.2, -0.15) is 5.10 Å². The molecule has 1 aliphatic rings. The molecule has 2 atom stereocenters. The van der Waals surface area contributed by atoms with Crippen LogP contribution in [0.2, 0.25) is 0 Å². The van der Waals surface area contributed by atoms with Crippen molar-refractivity contribution in [1.82, 2.24) is 20.4 Å². The number of hydrogen-bond acceptors (Lipinski definition) is 4. The summed E-state index contributed by atoms with van der Waals surface area (Å²) in [4.78, 5) is 27.9. The highest BCUT2D eigenvalue weighted by Crippen LogP contribution is 2.24. The van der Waals surface area contributed by atoms with Gasteiger partial charge in [0.2, 0.25) is 5.91 Å². The number of carbonyl (C=O) groups excluding carboxylic acids is 2. The number of likely N-dealkylation sites (tertiary alicyclic amines) is 1. The van der Waals surface area contributed by atoms with Gasteiger partial charge in [-0.1, -0.05) is 19.9 Å². The van der Waals surface area contributed by atoms with Crippen molar-refractivity contribution < 1.29 is 9.59 Å². The van der Waals surface area contributed by atoms with E-state index in [9.17, 15) is 9.59 Å². The number of rotatable bonds is 5. The molecular weight excluding hydrogens is 336 g/mol. The molecule has 2 aromatic heterocycles. The van der Waals surface area contributed by atoms with E-state index in [1.165, 1.54) is 0 Å². The lowest BCUT2D eigenvalue weighted by Crippen LogP contribution is -2.39. The van der Waals surface area contributed by atoms with E-state index in [4.69, 9.17) is 0 Å². The molecule has 25 heavy (non-hydrogen) atoms. The fourth-order valence-electron chi connectivity index (χ4n) is 3.02. The standard InChI is InChI=1S/C18H24N4O2S/c1-11(2)14-9-15(21-20-14)17(23)19-13-6-7-22(10-13)18(24)12(3)16-5-4-8-25-16/h4-5,8-9,11-13H,6-7,10H2,1-3H3,(H,19,23)(H,20,21). The molecule has 1 saturated heterocycles. The number of nitrogens with zero attached hydrogens (tertiary/aromatic N) is 2. The average molecular weight is 360 g/mol. The first kappa shape index (κ1) is 17.7. The Kier molecular flexibility index (Phi) is 5.22. The second-order valence-electron chi connectivity index (χ2n) is 6.84. The van der Waals surface area contributed by atoms with E-state index in [1.807, 2.05) is 43.2 Å². The molecule has 1 aliphatic heterocycles. The lowest BCUT2D eigenvalue weighted by molar-refractivity contribution is -0.131. The van der Waals surface area contributed by atoms with Crippen LogP contribution < -0.4 is 5.32 Å². The first-order valence-electron chi connectivity index (χ1n) is 8.64. The number of hydrogen-bond donors (Lipinski definition) is 2. The maximum absolute atomic E-state index is 12.6. The zero-order chi connectivity index (χ0) is 18.0. The van der Waals surface area contributed by atoms with Crippen molar-refractivity contribution in [2.75, 3.05) is 13.1 Å². The summed E-state index contributed by atoms with van der Waals surface area (Å²) in [7, 11) is 0. The lowest BCUT2D eigenvalue weighted by Gasteiger charge is -2.20. The minimum Gasteiger partial charge on any atom is -0.346 e. The number of carbonyl (C=O) groups is 2. The first-order valence-corrected chi connectivity index (χ1v) is 9.52. The monoisotopic (exact) mass is 360 g/mol. The molecule has 0 saturated carbocycles. The van der Waals surface area contributed by atoms with E-state index in [1.54, 1.807) is 17.4 Å². The number of nitrogens with one attached hydrogen (secondary N) is 2. The Hall–Kier alpha value is -2.15. The third-order valence-corrected chi connectivity index (χ3v) is 5.68. The van der Waals surface area contributed by atoms with Crippen LogP contribution in [0.1, 0.15) is 60.1 Å². The molecule has 3 heterocycles. The zero-order valence-electron chi connectivity index (χ0n) is 14.8. The van der Waals surface area contributed by atoms with E-state index in [2.05, 4.69) is 15.5 Å². The fraction of sp³-hybridized carbons (Fsp3) is 0.500. The zero-order valence-corrected chi connectivity index (χ0v) is 15.6. The Morgan fingerprint density at radius 2 is 2.20 bits per heavy atom. The molecule has 0 spiro atoms. The topological polar surface area (TPSA) is 78.1 Å². The molecule has 2 amide bonds. The van der Waals surface area contributed by atoms with Gasteiger partial charge in [0.05, 0.1) is 5.92 Å². The summed E-state index contributed by atoms with van der Waals surface area (Å²) in [6, 6.07) is 5.72. The van der Waals surface area contributed by atoms with Gasteiger partial charge in [0.25, 0.3) is 5.91 Å². The Morgan fingerprint density at radius 1 is 1.40 bits per heavy atom. The fourth-order valence-corrected chi connectivity index (χ4v) is 3.80. The van der Waals surface area contributed by atoms with Gasteiger partial charge in [0, 0.05) is 29.7 Å². The van der Waals surface area contributed by atoms with E-state index in [0.29, 0.717) is 24.7 Å². The van der Waals surface area contributed by atoms with Gasteiger partial charge in [-0.15, -0.1) is 11.3 Å². The second-order valence-corrected chi connectivity index (χ2v) is 7.82. The summed E-state index contributed by atoms with van der Waals surface area (Å²) in [6.45, 7) is 7.27. The Morgan fingerprint density at radius 3 is 2.84 bits per heavy atom. The SMILES string of the molecule is CC(C)c1cc(C(=O)NC2CCN(C(=O)C(C)c3cccs3)C2)n[nH]1. The highest BCUT2D eigenvalue weighted by molar-refractivity contribution is 7.10. The predicted molar refractivity (Wildman–Crippen MR) is 97.9 cm³/mol. The van der Waals surface area contributed by atoms with Crippen molar-refractivity contribution in [2.45, 2.75) is 45.1 Å². The summed E-state index contributed by atoms with van der Waals surface area (Å²) in [5, 5.41) is 12.0. The van der Waals surface area contributed by atoms with Gasteiger partial charge in [-0.05, 0) is 36.8 Å². The van der Waals surface area contributed by atoms with Gasteiger partial charge in [-0.3, -0.25) is 14.7 Å². The predicted octanol–water partition coefficient (Wildman–Crippen LogP) is 2.73. The maximum Gasteiger partial charge on any atom is 0.272 e. The Balaban J connectivity index is 1.55. The number of thiophene rings is 1. The van der Waals surface area contributed by atoms with E-state index >= 15 is 0 Å². The first-order chi connectivity index (χ1) is 12.0. The van der Waals surface area contributed by atoms with Crippen LogP contribution in [0.4, 0.5) is 0 Å².